The maximum absolute atomic E-state index is 12.8. The van der Waals surface area contributed by atoms with E-state index in [9.17, 15) is 9.18 Å². The molecule has 1 amide bonds. The second-order valence-corrected chi connectivity index (χ2v) is 4.75. The summed E-state index contributed by atoms with van der Waals surface area (Å²) in [6.07, 6.45) is 0.960. The Morgan fingerprint density at radius 3 is 2.70 bits per heavy atom. The summed E-state index contributed by atoms with van der Waals surface area (Å²) in [7, 11) is 0. The van der Waals surface area contributed by atoms with E-state index >= 15 is 0 Å². The SMILES string of the molecule is NC(=S)c1ccc(Cl)cc1NC(=O)c1ccc(F)cn1. The van der Waals surface area contributed by atoms with Crippen LogP contribution in [0.3, 0.4) is 0 Å². The van der Waals surface area contributed by atoms with Gasteiger partial charge in [0, 0.05) is 10.6 Å². The smallest absolute Gasteiger partial charge is 0.274 e. The Kier molecular flexibility index (Phi) is 4.26. The summed E-state index contributed by atoms with van der Waals surface area (Å²) >= 11 is 10.8. The molecule has 0 aliphatic carbocycles. The molecule has 1 aromatic heterocycles. The first kappa shape index (κ1) is 14.4. The average Bonchev–Trinajstić information content (AvgIpc) is 2.39. The molecule has 0 unspecified atom stereocenters. The zero-order valence-corrected chi connectivity index (χ0v) is 11.6. The van der Waals surface area contributed by atoms with E-state index in [1.165, 1.54) is 12.1 Å². The highest BCUT2D eigenvalue weighted by Crippen LogP contribution is 2.21. The van der Waals surface area contributed by atoms with Crippen molar-refractivity contribution in [3.8, 4) is 0 Å². The van der Waals surface area contributed by atoms with Crippen LogP contribution in [0, 0.1) is 5.82 Å². The first-order chi connectivity index (χ1) is 9.47. The van der Waals surface area contributed by atoms with Crippen LogP contribution in [0.1, 0.15) is 16.1 Å². The summed E-state index contributed by atoms with van der Waals surface area (Å²) in [5.74, 6) is -1.03. The van der Waals surface area contributed by atoms with Crippen LogP contribution in [0.15, 0.2) is 36.5 Å². The number of rotatable bonds is 3. The number of carbonyl (C=O) groups excluding carboxylic acids is 1. The number of aromatic nitrogens is 1. The number of nitrogens with zero attached hydrogens (tertiary/aromatic N) is 1. The van der Waals surface area contributed by atoms with Crippen molar-refractivity contribution in [1.82, 2.24) is 4.98 Å². The van der Waals surface area contributed by atoms with E-state index in [1.807, 2.05) is 0 Å². The molecule has 4 nitrogen and oxygen atoms in total. The molecule has 1 heterocycles. The van der Waals surface area contributed by atoms with Gasteiger partial charge in [-0.3, -0.25) is 4.79 Å². The van der Waals surface area contributed by atoms with Gasteiger partial charge in [-0.25, -0.2) is 9.37 Å². The highest BCUT2D eigenvalue weighted by atomic mass is 35.5. The van der Waals surface area contributed by atoms with Crippen LogP contribution in [0.4, 0.5) is 10.1 Å². The van der Waals surface area contributed by atoms with Crippen LogP contribution in [-0.4, -0.2) is 15.9 Å². The number of amides is 1. The molecule has 0 saturated carbocycles. The second kappa shape index (κ2) is 5.94. The Labute approximate surface area is 124 Å². The maximum Gasteiger partial charge on any atom is 0.274 e. The number of nitrogens with two attached hydrogens (primary N) is 1. The number of thiocarbonyl (C=S) groups is 1. The van der Waals surface area contributed by atoms with Crippen molar-refractivity contribution in [3.05, 3.63) is 58.6 Å². The largest absolute Gasteiger partial charge is 0.389 e. The van der Waals surface area contributed by atoms with Crippen LogP contribution in [-0.2, 0) is 0 Å². The van der Waals surface area contributed by atoms with E-state index in [1.54, 1.807) is 12.1 Å². The molecule has 2 aromatic rings. The molecule has 0 bridgehead atoms. The predicted octanol–water partition coefficient (Wildman–Crippen LogP) is 2.76. The van der Waals surface area contributed by atoms with E-state index in [0.29, 0.717) is 16.3 Å². The zero-order valence-electron chi connectivity index (χ0n) is 10.1. The third-order valence-corrected chi connectivity index (χ3v) is 2.91. The topological polar surface area (TPSA) is 68.0 Å². The summed E-state index contributed by atoms with van der Waals surface area (Å²) in [5, 5.41) is 3.02. The van der Waals surface area contributed by atoms with E-state index in [-0.39, 0.29) is 10.7 Å². The lowest BCUT2D eigenvalue weighted by Gasteiger charge is -2.10. The van der Waals surface area contributed by atoms with Crippen molar-refractivity contribution < 1.29 is 9.18 Å². The lowest BCUT2D eigenvalue weighted by atomic mass is 10.1. The minimum atomic E-state index is -0.520. The Morgan fingerprint density at radius 2 is 2.10 bits per heavy atom. The fourth-order valence-electron chi connectivity index (χ4n) is 1.53. The molecule has 0 spiro atoms. The minimum absolute atomic E-state index is 0.0697. The number of pyridine rings is 1. The molecular formula is C13H9ClFN3OS. The van der Waals surface area contributed by atoms with Gasteiger partial charge < -0.3 is 11.1 Å². The van der Waals surface area contributed by atoms with E-state index in [2.05, 4.69) is 10.3 Å². The van der Waals surface area contributed by atoms with E-state index < -0.39 is 11.7 Å². The summed E-state index contributed by atoms with van der Waals surface area (Å²) in [4.78, 5) is 15.8. The van der Waals surface area contributed by atoms with Gasteiger partial charge in [0.05, 0.1) is 11.9 Å². The van der Waals surface area contributed by atoms with Crippen molar-refractivity contribution in [1.29, 1.82) is 0 Å². The minimum Gasteiger partial charge on any atom is -0.389 e. The van der Waals surface area contributed by atoms with Gasteiger partial charge in [-0.1, -0.05) is 23.8 Å². The van der Waals surface area contributed by atoms with Crippen molar-refractivity contribution in [2.75, 3.05) is 5.32 Å². The van der Waals surface area contributed by atoms with Gasteiger partial charge in [0.25, 0.3) is 5.91 Å². The normalized spacial score (nSPS) is 10.1. The summed E-state index contributed by atoms with van der Waals surface area (Å²) in [6, 6.07) is 7.17. The molecule has 0 atom stereocenters. The maximum atomic E-state index is 12.8. The number of anilines is 1. The zero-order chi connectivity index (χ0) is 14.7. The van der Waals surface area contributed by atoms with Gasteiger partial charge in [-0.2, -0.15) is 0 Å². The highest BCUT2D eigenvalue weighted by molar-refractivity contribution is 7.80. The molecule has 0 fully saturated rings. The molecule has 102 valence electrons. The Balaban J connectivity index is 2.29. The highest BCUT2D eigenvalue weighted by Gasteiger charge is 2.12. The third kappa shape index (κ3) is 3.28. The van der Waals surface area contributed by atoms with Crippen LogP contribution < -0.4 is 11.1 Å². The van der Waals surface area contributed by atoms with Crippen LogP contribution in [0.2, 0.25) is 5.02 Å². The van der Waals surface area contributed by atoms with E-state index in [0.717, 1.165) is 12.3 Å². The third-order valence-electron chi connectivity index (χ3n) is 2.46. The molecule has 2 rings (SSSR count). The lowest BCUT2D eigenvalue weighted by Crippen LogP contribution is -2.18. The standard InChI is InChI=1S/C13H9ClFN3OS/c14-7-1-3-9(12(16)20)11(5-7)18-13(19)10-4-2-8(15)6-17-10/h1-6H,(H2,16,20)(H,18,19). The van der Waals surface area contributed by atoms with Gasteiger partial charge in [-0.05, 0) is 30.3 Å². The van der Waals surface area contributed by atoms with E-state index in [4.69, 9.17) is 29.6 Å². The molecular weight excluding hydrogens is 301 g/mol. The number of carbonyl (C=O) groups is 1. The Morgan fingerprint density at radius 1 is 1.35 bits per heavy atom. The van der Waals surface area contributed by atoms with Crippen molar-refractivity contribution in [3.63, 3.8) is 0 Å². The summed E-state index contributed by atoms with van der Waals surface area (Å²) in [6.45, 7) is 0. The number of hydrogen-bond donors (Lipinski definition) is 2. The van der Waals surface area contributed by atoms with Gasteiger partial charge in [-0.15, -0.1) is 0 Å². The predicted molar refractivity (Wildman–Crippen MR) is 79.5 cm³/mol. The van der Waals surface area contributed by atoms with Gasteiger partial charge in [0.1, 0.15) is 16.5 Å². The van der Waals surface area contributed by atoms with Crippen molar-refractivity contribution in [2.45, 2.75) is 0 Å². The number of halogens is 2. The van der Waals surface area contributed by atoms with Gasteiger partial charge in [0.2, 0.25) is 0 Å². The molecule has 7 heteroatoms. The second-order valence-electron chi connectivity index (χ2n) is 3.87. The summed E-state index contributed by atoms with van der Waals surface area (Å²) in [5.41, 5.74) is 6.50. The average molecular weight is 310 g/mol. The number of hydrogen-bond acceptors (Lipinski definition) is 3. The molecule has 0 aliphatic heterocycles. The number of nitrogens with one attached hydrogen (secondary N) is 1. The van der Waals surface area contributed by atoms with Crippen molar-refractivity contribution in [2.24, 2.45) is 5.73 Å². The summed E-state index contributed by atoms with van der Waals surface area (Å²) < 4.78 is 12.8. The van der Waals surface area contributed by atoms with Crippen LogP contribution in [0.25, 0.3) is 0 Å². The van der Waals surface area contributed by atoms with Gasteiger partial charge >= 0.3 is 0 Å². The lowest BCUT2D eigenvalue weighted by molar-refractivity contribution is 0.102. The fraction of sp³-hybridized carbons (Fsp3) is 0. The Hall–Kier alpha value is -2.05. The molecule has 20 heavy (non-hydrogen) atoms. The molecule has 3 N–H and O–H groups in total. The molecule has 0 saturated heterocycles. The number of benzene rings is 1. The van der Waals surface area contributed by atoms with Crippen LogP contribution in [0.5, 0.6) is 0 Å². The first-order valence-electron chi connectivity index (χ1n) is 5.49. The fourth-order valence-corrected chi connectivity index (χ4v) is 1.88. The van der Waals surface area contributed by atoms with Gasteiger partial charge in [0.15, 0.2) is 0 Å². The molecule has 0 aliphatic rings. The Bertz CT molecular complexity index is 676. The molecule has 0 radical (unpaired) electrons. The quantitative estimate of drug-likeness (QED) is 0.856. The molecule has 1 aromatic carbocycles. The monoisotopic (exact) mass is 309 g/mol. The van der Waals surface area contributed by atoms with Crippen LogP contribution >= 0.6 is 23.8 Å². The first-order valence-corrected chi connectivity index (χ1v) is 6.28. The van der Waals surface area contributed by atoms with Crippen molar-refractivity contribution >= 4 is 40.4 Å².